The molecule has 0 fully saturated rings. The first-order valence-electron chi connectivity index (χ1n) is 6.62. The lowest BCUT2D eigenvalue weighted by Gasteiger charge is -2.16. The molecule has 1 aromatic carbocycles. The van der Waals surface area contributed by atoms with Crippen LogP contribution in [0.25, 0.3) is 0 Å². The number of hydrogen-bond acceptors (Lipinski definition) is 4. The van der Waals surface area contributed by atoms with E-state index < -0.39 is 35.4 Å². The van der Waals surface area contributed by atoms with Crippen molar-refractivity contribution in [3.05, 3.63) is 51.2 Å². The molecule has 0 aliphatic carbocycles. The molecule has 4 nitrogen and oxygen atoms in total. The summed E-state index contributed by atoms with van der Waals surface area (Å²) in [6.45, 7) is 1.26. The predicted molar refractivity (Wildman–Crippen MR) is 84.3 cm³/mol. The number of alkyl halides is 3. The molecule has 0 bridgehead atoms. The van der Waals surface area contributed by atoms with Crippen LogP contribution in [0.1, 0.15) is 22.2 Å². The highest BCUT2D eigenvalue weighted by Crippen LogP contribution is 2.34. The quantitative estimate of drug-likeness (QED) is 0.792. The number of halogens is 4. The second-order valence-corrected chi connectivity index (χ2v) is 6.40. The molecule has 1 atom stereocenters. The third-order valence-corrected chi connectivity index (χ3v) is 4.13. The second kappa shape index (κ2) is 7.23. The second-order valence-electron chi connectivity index (χ2n) is 4.68. The first-order valence-corrected chi connectivity index (χ1v) is 7.81. The fraction of sp³-hybridized carbons (Fsp3) is 0.200. The van der Waals surface area contributed by atoms with Gasteiger partial charge in [-0.25, -0.2) is 4.79 Å². The topological polar surface area (TPSA) is 55.4 Å². The number of hydrogen-bond donors (Lipinski definition) is 1. The van der Waals surface area contributed by atoms with Gasteiger partial charge < -0.3 is 10.1 Å². The van der Waals surface area contributed by atoms with E-state index >= 15 is 0 Å². The van der Waals surface area contributed by atoms with Crippen molar-refractivity contribution in [1.82, 2.24) is 0 Å². The number of amides is 1. The number of carbonyl (C=O) groups is 2. The molecule has 1 amide bonds. The van der Waals surface area contributed by atoms with Gasteiger partial charge in [0.05, 0.1) is 15.6 Å². The number of ether oxygens (including phenoxy) is 1. The van der Waals surface area contributed by atoms with Crippen molar-refractivity contribution in [1.29, 1.82) is 0 Å². The Labute approximate surface area is 144 Å². The van der Waals surface area contributed by atoms with Crippen LogP contribution in [0.3, 0.4) is 0 Å². The largest absolute Gasteiger partial charge is 0.448 e. The summed E-state index contributed by atoms with van der Waals surface area (Å²) in [6, 6.07) is 7.46. The zero-order valence-electron chi connectivity index (χ0n) is 12.2. The molecular formula is C15H11ClF3NO3S. The van der Waals surface area contributed by atoms with Gasteiger partial charge in [-0.1, -0.05) is 23.7 Å². The summed E-state index contributed by atoms with van der Waals surface area (Å²) >= 11 is 6.67. The van der Waals surface area contributed by atoms with Gasteiger partial charge in [-0.05, 0) is 31.2 Å². The molecule has 0 saturated carbocycles. The number of nitrogens with one attached hydrogen (secondary N) is 1. The third-order valence-electron chi connectivity index (χ3n) is 2.92. The Morgan fingerprint density at radius 3 is 2.46 bits per heavy atom. The van der Waals surface area contributed by atoms with E-state index in [1.165, 1.54) is 31.2 Å². The summed E-state index contributed by atoms with van der Waals surface area (Å²) < 4.78 is 44.0. The number of anilines is 1. The van der Waals surface area contributed by atoms with Gasteiger partial charge in [0.2, 0.25) is 0 Å². The minimum absolute atomic E-state index is 0.190. The van der Waals surface area contributed by atoms with Crippen LogP contribution in [0.4, 0.5) is 18.9 Å². The lowest BCUT2D eigenvalue weighted by molar-refractivity contribution is -0.137. The van der Waals surface area contributed by atoms with E-state index in [1.54, 1.807) is 0 Å². The van der Waals surface area contributed by atoms with Crippen LogP contribution in [0, 0.1) is 0 Å². The van der Waals surface area contributed by atoms with Crippen molar-refractivity contribution >= 4 is 40.5 Å². The maximum absolute atomic E-state index is 12.9. The summed E-state index contributed by atoms with van der Waals surface area (Å²) in [6.07, 6.45) is -5.89. The molecule has 128 valence electrons. The maximum atomic E-state index is 12.9. The van der Waals surface area contributed by atoms with Crippen molar-refractivity contribution in [2.45, 2.75) is 19.2 Å². The van der Waals surface area contributed by atoms with Crippen LogP contribution in [-0.2, 0) is 15.7 Å². The molecular weight excluding hydrogens is 367 g/mol. The van der Waals surface area contributed by atoms with Gasteiger partial charge in [0, 0.05) is 0 Å². The van der Waals surface area contributed by atoms with Gasteiger partial charge in [-0.3, -0.25) is 4.79 Å². The smallest absolute Gasteiger partial charge is 0.418 e. The SMILES string of the molecule is CC(OC(=O)c1ccc(Cl)s1)C(=O)Nc1ccccc1C(F)(F)F. The van der Waals surface area contributed by atoms with E-state index in [9.17, 15) is 22.8 Å². The molecule has 9 heteroatoms. The first kappa shape index (κ1) is 18.3. The number of benzene rings is 1. The van der Waals surface area contributed by atoms with Gasteiger partial charge in [0.15, 0.2) is 6.10 Å². The number of rotatable bonds is 4. The molecule has 0 radical (unpaired) electrons. The van der Waals surface area contributed by atoms with Crippen LogP contribution in [-0.4, -0.2) is 18.0 Å². The molecule has 1 unspecified atom stereocenters. The molecule has 0 aliphatic rings. The molecule has 0 aliphatic heterocycles. The highest BCUT2D eigenvalue weighted by atomic mass is 35.5. The zero-order chi connectivity index (χ0) is 17.9. The zero-order valence-corrected chi connectivity index (χ0v) is 13.8. The van der Waals surface area contributed by atoms with Crippen molar-refractivity contribution in [3.8, 4) is 0 Å². The fourth-order valence-electron chi connectivity index (χ4n) is 1.77. The predicted octanol–water partition coefficient (Wildman–Crippen LogP) is 4.60. The normalized spacial score (nSPS) is 12.5. The standard InChI is InChI=1S/C15H11ClF3NO3S/c1-8(23-14(22)11-6-7-12(16)24-11)13(21)20-10-5-3-2-4-9(10)15(17,18)19/h2-8H,1H3,(H,20,21). The van der Waals surface area contributed by atoms with Crippen molar-refractivity contribution < 1.29 is 27.5 Å². The lowest BCUT2D eigenvalue weighted by Crippen LogP contribution is -2.30. The molecule has 0 spiro atoms. The lowest BCUT2D eigenvalue weighted by atomic mass is 10.1. The Morgan fingerprint density at radius 1 is 1.21 bits per heavy atom. The number of carbonyl (C=O) groups excluding carboxylic acids is 2. The monoisotopic (exact) mass is 377 g/mol. The molecule has 1 aromatic heterocycles. The van der Waals surface area contributed by atoms with Crippen molar-refractivity contribution in [3.63, 3.8) is 0 Å². The van der Waals surface area contributed by atoms with Gasteiger partial charge in [0.1, 0.15) is 4.88 Å². The van der Waals surface area contributed by atoms with Crippen LogP contribution >= 0.6 is 22.9 Å². The number of thiophene rings is 1. The van der Waals surface area contributed by atoms with Crippen molar-refractivity contribution in [2.24, 2.45) is 0 Å². The van der Waals surface area contributed by atoms with Gasteiger partial charge in [-0.15, -0.1) is 11.3 Å². The Hall–Kier alpha value is -2.06. The summed E-state index contributed by atoms with van der Waals surface area (Å²) in [7, 11) is 0. The Morgan fingerprint density at radius 2 is 1.88 bits per heavy atom. The Bertz CT molecular complexity index is 760. The average molecular weight is 378 g/mol. The van der Waals surface area contributed by atoms with E-state index in [0.29, 0.717) is 4.34 Å². The molecule has 24 heavy (non-hydrogen) atoms. The van der Waals surface area contributed by atoms with Gasteiger partial charge >= 0.3 is 12.1 Å². The molecule has 0 saturated heterocycles. The van der Waals surface area contributed by atoms with Crippen LogP contribution in [0.2, 0.25) is 4.34 Å². The molecule has 1 N–H and O–H groups in total. The van der Waals surface area contributed by atoms with Gasteiger partial charge in [0.25, 0.3) is 5.91 Å². The molecule has 2 rings (SSSR count). The summed E-state index contributed by atoms with van der Waals surface area (Å²) in [4.78, 5) is 24.0. The summed E-state index contributed by atoms with van der Waals surface area (Å²) in [5.74, 6) is -1.65. The van der Waals surface area contributed by atoms with Crippen LogP contribution in [0.15, 0.2) is 36.4 Å². The Kier molecular flexibility index (Phi) is 5.51. The molecule has 2 aromatic rings. The highest BCUT2D eigenvalue weighted by molar-refractivity contribution is 7.17. The van der Waals surface area contributed by atoms with E-state index in [-0.39, 0.29) is 4.88 Å². The maximum Gasteiger partial charge on any atom is 0.418 e. The number of para-hydroxylation sites is 1. The fourth-order valence-corrected chi connectivity index (χ4v) is 2.70. The minimum atomic E-state index is -4.61. The first-order chi connectivity index (χ1) is 11.2. The summed E-state index contributed by atoms with van der Waals surface area (Å²) in [5.41, 5.74) is -1.39. The van der Waals surface area contributed by atoms with Gasteiger partial charge in [-0.2, -0.15) is 13.2 Å². The minimum Gasteiger partial charge on any atom is -0.448 e. The average Bonchev–Trinajstić information content (AvgIpc) is 2.93. The highest BCUT2D eigenvalue weighted by Gasteiger charge is 2.34. The van der Waals surface area contributed by atoms with Crippen LogP contribution in [0.5, 0.6) is 0 Å². The number of esters is 1. The van der Waals surface area contributed by atoms with E-state index in [0.717, 1.165) is 23.5 Å². The molecule has 1 heterocycles. The van der Waals surface area contributed by atoms with E-state index in [1.807, 2.05) is 0 Å². The van der Waals surface area contributed by atoms with E-state index in [2.05, 4.69) is 5.32 Å². The summed E-state index contributed by atoms with van der Waals surface area (Å²) in [5, 5.41) is 2.12. The third kappa shape index (κ3) is 4.48. The van der Waals surface area contributed by atoms with Crippen molar-refractivity contribution in [2.75, 3.05) is 5.32 Å². The van der Waals surface area contributed by atoms with Crippen LogP contribution < -0.4 is 5.32 Å². The Balaban J connectivity index is 2.06. The van der Waals surface area contributed by atoms with E-state index in [4.69, 9.17) is 16.3 Å².